The van der Waals surface area contributed by atoms with Gasteiger partial charge in [-0.1, -0.05) is 24.3 Å². The standard InChI is InChI=1S/C24H32N4O2/c1-19-8-9-22(16-20(19)2)27-12-10-26(11-13-27)17-23-18-28(14-15-30-23)24(29)25-21-6-4-3-5-7-21/h3-9,16,23H,10-15,17-18H2,1-2H3,(H,25,29)/t23-/m1/s1. The van der Waals surface area contributed by atoms with E-state index in [1.54, 1.807) is 0 Å². The summed E-state index contributed by atoms with van der Waals surface area (Å²) >= 11 is 0. The van der Waals surface area contributed by atoms with Crippen LogP contribution in [-0.2, 0) is 4.74 Å². The molecule has 2 aliphatic heterocycles. The fraction of sp³-hybridized carbons (Fsp3) is 0.458. The van der Waals surface area contributed by atoms with Crippen LogP contribution in [0.2, 0.25) is 0 Å². The second-order valence-electron chi connectivity index (χ2n) is 8.29. The third kappa shape index (κ3) is 5.12. The summed E-state index contributed by atoms with van der Waals surface area (Å²) in [6.07, 6.45) is 0.0634. The Kier molecular flexibility index (Phi) is 6.55. The predicted octanol–water partition coefficient (Wildman–Crippen LogP) is 3.36. The molecule has 2 amide bonds. The highest BCUT2D eigenvalue weighted by Crippen LogP contribution is 2.21. The van der Waals surface area contributed by atoms with Crippen LogP contribution >= 0.6 is 0 Å². The van der Waals surface area contributed by atoms with Gasteiger partial charge in [-0.3, -0.25) is 4.90 Å². The minimum atomic E-state index is -0.0472. The number of aryl methyl sites for hydroxylation is 2. The van der Waals surface area contributed by atoms with E-state index < -0.39 is 0 Å². The Bertz CT molecular complexity index is 850. The molecular formula is C24H32N4O2. The molecule has 0 saturated carbocycles. The van der Waals surface area contributed by atoms with Gasteiger partial charge in [-0.05, 0) is 49.2 Å². The van der Waals surface area contributed by atoms with Crippen LogP contribution in [0.15, 0.2) is 48.5 Å². The maximum atomic E-state index is 12.6. The average Bonchev–Trinajstić information content (AvgIpc) is 2.77. The molecule has 0 aromatic heterocycles. The average molecular weight is 409 g/mol. The number of hydrogen-bond donors (Lipinski definition) is 1. The van der Waals surface area contributed by atoms with E-state index in [4.69, 9.17) is 4.74 Å². The van der Waals surface area contributed by atoms with Crippen molar-refractivity contribution in [2.45, 2.75) is 20.0 Å². The van der Waals surface area contributed by atoms with E-state index >= 15 is 0 Å². The summed E-state index contributed by atoms with van der Waals surface area (Å²) in [7, 11) is 0. The molecule has 2 fully saturated rings. The SMILES string of the molecule is Cc1ccc(N2CCN(C[C@@H]3CN(C(=O)Nc4ccccc4)CCO3)CC2)cc1C. The van der Waals surface area contributed by atoms with Gasteiger partial charge in [-0.25, -0.2) is 4.79 Å². The number of hydrogen-bond acceptors (Lipinski definition) is 4. The molecule has 0 aliphatic carbocycles. The number of para-hydroxylation sites is 1. The molecule has 2 aromatic rings. The van der Waals surface area contributed by atoms with Crippen LogP contribution in [0.3, 0.4) is 0 Å². The van der Waals surface area contributed by atoms with Gasteiger partial charge in [0.2, 0.25) is 0 Å². The van der Waals surface area contributed by atoms with Crippen molar-refractivity contribution in [1.82, 2.24) is 9.80 Å². The van der Waals surface area contributed by atoms with Crippen LogP contribution < -0.4 is 10.2 Å². The Balaban J connectivity index is 1.25. The minimum Gasteiger partial charge on any atom is -0.373 e. The molecule has 2 saturated heterocycles. The summed E-state index contributed by atoms with van der Waals surface area (Å²) in [5, 5.41) is 2.98. The summed E-state index contributed by atoms with van der Waals surface area (Å²) < 4.78 is 5.97. The Morgan fingerprint density at radius 1 is 1.00 bits per heavy atom. The highest BCUT2D eigenvalue weighted by molar-refractivity contribution is 5.89. The third-order valence-electron chi connectivity index (χ3n) is 6.14. The highest BCUT2D eigenvalue weighted by Gasteiger charge is 2.27. The van der Waals surface area contributed by atoms with Crippen LogP contribution in [0.25, 0.3) is 0 Å². The van der Waals surface area contributed by atoms with E-state index in [9.17, 15) is 4.79 Å². The van der Waals surface area contributed by atoms with Crippen LogP contribution in [0, 0.1) is 13.8 Å². The van der Waals surface area contributed by atoms with Gasteiger partial charge in [0.05, 0.1) is 12.7 Å². The van der Waals surface area contributed by atoms with Gasteiger partial charge in [-0.2, -0.15) is 0 Å². The number of urea groups is 1. The summed E-state index contributed by atoms with van der Waals surface area (Å²) in [5.41, 5.74) is 4.83. The van der Waals surface area contributed by atoms with Crippen LogP contribution in [0.5, 0.6) is 0 Å². The molecule has 1 atom stereocenters. The lowest BCUT2D eigenvalue weighted by molar-refractivity contribution is -0.0295. The normalized spacial score (nSPS) is 20.3. The fourth-order valence-corrected chi connectivity index (χ4v) is 4.14. The molecule has 2 aliphatic rings. The molecule has 2 heterocycles. The Hall–Kier alpha value is -2.57. The van der Waals surface area contributed by atoms with Crippen LogP contribution in [0.4, 0.5) is 16.2 Å². The molecule has 0 bridgehead atoms. The number of morpholine rings is 1. The third-order valence-corrected chi connectivity index (χ3v) is 6.14. The summed E-state index contributed by atoms with van der Waals surface area (Å²) in [4.78, 5) is 19.4. The maximum Gasteiger partial charge on any atom is 0.322 e. The van der Waals surface area contributed by atoms with Crippen molar-refractivity contribution >= 4 is 17.4 Å². The summed E-state index contributed by atoms with van der Waals surface area (Å²) in [5.74, 6) is 0. The molecule has 0 unspecified atom stereocenters. The molecule has 2 aromatic carbocycles. The van der Waals surface area contributed by atoms with Crippen molar-refractivity contribution < 1.29 is 9.53 Å². The summed E-state index contributed by atoms with van der Waals surface area (Å²) in [6.45, 7) is 11.1. The molecule has 0 radical (unpaired) electrons. The van der Waals surface area contributed by atoms with E-state index in [1.807, 2.05) is 35.2 Å². The molecule has 6 heteroatoms. The van der Waals surface area contributed by atoms with Crippen molar-refractivity contribution in [3.05, 3.63) is 59.7 Å². The number of rotatable bonds is 4. The number of carbonyl (C=O) groups is 1. The molecular weight excluding hydrogens is 376 g/mol. The first kappa shape index (κ1) is 20.7. The number of anilines is 2. The molecule has 4 rings (SSSR count). The van der Waals surface area contributed by atoms with Crippen LogP contribution in [-0.4, -0.2) is 74.4 Å². The molecule has 0 spiro atoms. The van der Waals surface area contributed by atoms with E-state index in [2.05, 4.69) is 47.2 Å². The van der Waals surface area contributed by atoms with Gasteiger partial charge in [0.25, 0.3) is 0 Å². The van der Waals surface area contributed by atoms with Gasteiger partial charge in [0, 0.05) is 57.2 Å². The lowest BCUT2D eigenvalue weighted by atomic mass is 10.1. The topological polar surface area (TPSA) is 48.0 Å². The molecule has 160 valence electrons. The monoisotopic (exact) mass is 408 g/mol. The van der Waals surface area contributed by atoms with Gasteiger partial charge >= 0.3 is 6.03 Å². The first-order chi connectivity index (χ1) is 14.6. The number of ether oxygens (including phenoxy) is 1. The second kappa shape index (κ2) is 9.49. The lowest BCUT2D eigenvalue weighted by Gasteiger charge is -2.40. The number of piperazine rings is 1. The number of nitrogens with one attached hydrogen (secondary N) is 1. The van der Waals surface area contributed by atoms with Crippen molar-refractivity contribution in [3.63, 3.8) is 0 Å². The van der Waals surface area contributed by atoms with Crippen molar-refractivity contribution in [3.8, 4) is 0 Å². The fourth-order valence-electron chi connectivity index (χ4n) is 4.14. The van der Waals surface area contributed by atoms with Gasteiger partial charge in [0.1, 0.15) is 0 Å². The molecule has 6 nitrogen and oxygen atoms in total. The van der Waals surface area contributed by atoms with Crippen molar-refractivity contribution in [1.29, 1.82) is 0 Å². The maximum absolute atomic E-state index is 12.6. The molecule has 30 heavy (non-hydrogen) atoms. The van der Waals surface area contributed by atoms with Crippen molar-refractivity contribution in [2.75, 3.05) is 62.6 Å². The van der Waals surface area contributed by atoms with E-state index in [0.29, 0.717) is 19.7 Å². The van der Waals surface area contributed by atoms with Gasteiger partial charge < -0.3 is 19.9 Å². The van der Waals surface area contributed by atoms with Crippen molar-refractivity contribution in [2.24, 2.45) is 0 Å². The number of nitrogens with zero attached hydrogens (tertiary/aromatic N) is 3. The Morgan fingerprint density at radius 2 is 1.77 bits per heavy atom. The first-order valence-electron chi connectivity index (χ1n) is 10.9. The zero-order chi connectivity index (χ0) is 20.9. The number of amides is 2. The number of carbonyl (C=O) groups excluding carboxylic acids is 1. The highest BCUT2D eigenvalue weighted by atomic mass is 16.5. The van der Waals surface area contributed by atoms with E-state index in [-0.39, 0.29) is 12.1 Å². The van der Waals surface area contributed by atoms with Gasteiger partial charge in [0.15, 0.2) is 0 Å². The largest absolute Gasteiger partial charge is 0.373 e. The summed E-state index contributed by atoms with van der Waals surface area (Å²) in [6, 6.07) is 16.3. The van der Waals surface area contributed by atoms with E-state index in [0.717, 1.165) is 38.4 Å². The van der Waals surface area contributed by atoms with Gasteiger partial charge in [-0.15, -0.1) is 0 Å². The Labute approximate surface area is 179 Å². The minimum absolute atomic E-state index is 0.0472. The molecule has 1 N–H and O–H groups in total. The number of benzene rings is 2. The van der Waals surface area contributed by atoms with E-state index in [1.165, 1.54) is 16.8 Å². The van der Waals surface area contributed by atoms with Crippen LogP contribution in [0.1, 0.15) is 11.1 Å². The quantitative estimate of drug-likeness (QED) is 0.843. The Morgan fingerprint density at radius 3 is 2.50 bits per heavy atom. The second-order valence-corrected chi connectivity index (χ2v) is 8.29. The first-order valence-corrected chi connectivity index (χ1v) is 10.9. The zero-order valence-electron chi connectivity index (χ0n) is 18.0. The predicted molar refractivity (Wildman–Crippen MR) is 121 cm³/mol. The zero-order valence-corrected chi connectivity index (χ0v) is 18.0. The lowest BCUT2D eigenvalue weighted by Crippen LogP contribution is -2.54. The smallest absolute Gasteiger partial charge is 0.322 e.